The number of piperidine rings is 1. The molecule has 1 heterocycles. The molecular weight excluding hydrogens is 200 g/mol. The molecule has 0 saturated carbocycles. The van der Waals surface area contributed by atoms with Crippen LogP contribution in [0.2, 0.25) is 0 Å². The van der Waals surface area contributed by atoms with Gasteiger partial charge < -0.3 is 15.7 Å². The predicted octanol–water partition coefficient (Wildman–Crippen LogP) is 1.46. The Morgan fingerprint density at radius 3 is 2.81 bits per heavy atom. The van der Waals surface area contributed by atoms with E-state index in [9.17, 15) is 5.11 Å². The molecule has 0 aliphatic carbocycles. The van der Waals surface area contributed by atoms with E-state index in [0.717, 1.165) is 25.2 Å². The Hall–Kier alpha value is -1.06. The first-order valence-electron chi connectivity index (χ1n) is 5.92. The standard InChI is InChI=1S/C13H20N2O/c1-11-9-14-8-7-13(11,10-16)15-12-5-3-2-4-6-12/h2-6,11,14-16H,7-10H2,1H3. The van der Waals surface area contributed by atoms with E-state index < -0.39 is 0 Å². The van der Waals surface area contributed by atoms with Crippen LogP contribution < -0.4 is 10.6 Å². The van der Waals surface area contributed by atoms with Crippen molar-refractivity contribution in [3.05, 3.63) is 30.3 Å². The smallest absolute Gasteiger partial charge is 0.0665 e. The highest BCUT2D eigenvalue weighted by Gasteiger charge is 2.37. The molecule has 1 aliphatic heterocycles. The van der Waals surface area contributed by atoms with Crippen molar-refractivity contribution in [2.75, 3.05) is 25.0 Å². The topological polar surface area (TPSA) is 44.3 Å². The number of aliphatic hydroxyl groups excluding tert-OH is 1. The number of hydrogen-bond acceptors (Lipinski definition) is 3. The van der Waals surface area contributed by atoms with Gasteiger partial charge in [0, 0.05) is 12.2 Å². The van der Waals surface area contributed by atoms with Crippen molar-refractivity contribution in [2.45, 2.75) is 18.9 Å². The molecule has 0 aromatic heterocycles. The molecule has 3 nitrogen and oxygen atoms in total. The van der Waals surface area contributed by atoms with E-state index in [0.29, 0.717) is 5.92 Å². The van der Waals surface area contributed by atoms with Gasteiger partial charge in [-0.2, -0.15) is 0 Å². The maximum Gasteiger partial charge on any atom is 0.0665 e. The lowest BCUT2D eigenvalue weighted by atomic mass is 9.80. The summed E-state index contributed by atoms with van der Waals surface area (Å²) in [6.07, 6.45) is 0.958. The van der Waals surface area contributed by atoms with Gasteiger partial charge in [-0.3, -0.25) is 0 Å². The molecule has 2 atom stereocenters. The van der Waals surface area contributed by atoms with Gasteiger partial charge in [-0.05, 0) is 31.0 Å². The maximum atomic E-state index is 9.68. The van der Waals surface area contributed by atoms with Crippen LogP contribution in [0.3, 0.4) is 0 Å². The fraction of sp³-hybridized carbons (Fsp3) is 0.538. The van der Waals surface area contributed by atoms with E-state index in [1.54, 1.807) is 0 Å². The van der Waals surface area contributed by atoms with Gasteiger partial charge in [-0.1, -0.05) is 25.1 Å². The van der Waals surface area contributed by atoms with Crippen LogP contribution in [0.1, 0.15) is 13.3 Å². The Kier molecular flexibility index (Phi) is 3.46. The highest BCUT2D eigenvalue weighted by molar-refractivity contribution is 5.45. The third-order valence-electron chi connectivity index (χ3n) is 3.59. The van der Waals surface area contributed by atoms with Crippen molar-refractivity contribution in [3.8, 4) is 0 Å². The molecule has 1 fully saturated rings. The van der Waals surface area contributed by atoms with E-state index in [-0.39, 0.29) is 12.1 Å². The van der Waals surface area contributed by atoms with Gasteiger partial charge in [-0.15, -0.1) is 0 Å². The Morgan fingerprint density at radius 2 is 2.19 bits per heavy atom. The average molecular weight is 220 g/mol. The van der Waals surface area contributed by atoms with Crippen molar-refractivity contribution in [3.63, 3.8) is 0 Å². The molecular formula is C13H20N2O. The van der Waals surface area contributed by atoms with Crippen LogP contribution in [-0.2, 0) is 0 Å². The van der Waals surface area contributed by atoms with Crippen LogP contribution in [0, 0.1) is 5.92 Å². The number of rotatable bonds is 3. The monoisotopic (exact) mass is 220 g/mol. The maximum absolute atomic E-state index is 9.68. The summed E-state index contributed by atoms with van der Waals surface area (Å²) in [5.41, 5.74) is 0.914. The zero-order valence-electron chi connectivity index (χ0n) is 9.74. The Balaban J connectivity index is 2.15. The number of para-hydroxylation sites is 1. The third kappa shape index (κ3) is 2.20. The number of hydrogen-bond donors (Lipinski definition) is 3. The minimum absolute atomic E-state index is 0.174. The fourth-order valence-corrected chi connectivity index (χ4v) is 2.34. The summed E-state index contributed by atoms with van der Waals surface area (Å²) in [7, 11) is 0. The van der Waals surface area contributed by atoms with E-state index in [1.807, 2.05) is 30.3 Å². The summed E-state index contributed by atoms with van der Waals surface area (Å²) >= 11 is 0. The van der Waals surface area contributed by atoms with Gasteiger partial charge in [0.1, 0.15) is 0 Å². The normalized spacial score (nSPS) is 30.0. The zero-order chi connectivity index (χ0) is 11.4. The Labute approximate surface area is 96.9 Å². The molecule has 1 saturated heterocycles. The summed E-state index contributed by atoms with van der Waals surface area (Å²) in [5, 5.41) is 16.5. The quantitative estimate of drug-likeness (QED) is 0.722. The zero-order valence-corrected chi connectivity index (χ0v) is 9.74. The Morgan fingerprint density at radius 1 is 1.44 bits per heavy atom. The first-order valence-corrected chi connectivity index (χ1v) is 5.92. The second kappa shape index (κ2) is 4.85. The minimum atomic E-state index is -0.174. The summed E-state index contributed by atoms with van der Waals surface area (Å²) in [6, 6.07) is 10.1. The SMILES string of the molecule is CC1CNCCC1(CO)Nc1ccccc1. The number of aliphatic hydroxyl groups is 1. The molecule has 1 aromatic carbocycles. The first-order chi connectivity index (χ1) is 7.77. The summed E-state index contributed by atoms with van der Waals surface area (Å²) in [6.45, 7) is 4.29. The van der Waals surface area contributed by atoms with Gasteiger partial charge in [0.15, 0.2) is 0 Å². The highest BCUT2D eigenvalue weighted by Crippen LogP contribution is 2.28. The van der Waals surface area contributed by atoms with Crippen LogP contribution in [-0.4, -0.2) is 30.3 Å². The molecule has 1 aliphatic rings. The summed E-state index contributed by atoms with van der Waals surface area (Å²) in [4.78, 5) is 0. The van der Waals surface area contributed by atoms with Crippen LogP contribution in [0.15, 0.2) is 30.3 Å². The van der Waals surface area contributed by atoms with Crippen molar-refractivity contribution in [1.82, 2.24) is 5.32 Å². The second-order valence-electron chi connectivity index (χ2n) is 4.66. The molecule has 0 spiro atoms. The first kappa shape index (κ1) is 11.4. The molecule has 88 valence electrons. The molecule has 0 bridgehead atoms. The van der Waals surface area contributed by atoms with Crippen molar-refractivity contribution >= 4 is 5.69 Å². The van der Waals surface area contributed by atoms with E-state index >= 15 is 0 Å². The molecule has 3 N–H and O–H groups in total. The van der Waals surface area contributed by atoms with Gasteiger partial charge in [-0.25, -0.2) is 0 Å². The van der Waals surface area contributed by atoms with Crippen molar-refractivity contribution < 1.29 is 5.11 Å². The minimum Gasteiger partial charge on any atom is -0.394 e. The molecule has 0 radical (unpaired) electrons. The lowest BCUT2D eigenvalue weighted by molar-refractivity contribution is 0.135. The lowest BCUT2D eigenvalue weighted by Crippen LogP contribution is -2.56. The number of nitrogens with one attached hydrogen (secondary N) is 2. The summed E-state index contributed by atoms with van der Waals surface area (Å²) < 4.78 is 0. The van der Waals surface area contributed by atoms with E-state index in [2.05, 4.69) is 17.6 Å². The third-order valence-corrected chi connectivity index (χ3v) is 3.59. The molecule has 2 unspecified atom stereocenters. The van der Waals surface area contributed by atoms with Crippen LogP contribution in [0.5, 0.6) is 0 Å². The highest BCUT2D eigenvalue weighted by atomic mass is 16.3. The number of anilines is 1. The predicted molar refractivity (Wildman–Crippen MR) is 66.5 cm³/mol. The van der Waals surface area contributed by atoms with E-state index in [4.69, 9.17) is 0 Å². The molecule has 2 rings (SSSR count). The van der Waals surface area contributed by atoms with Crippen LogP contribution in [0.25, 0.3) is 0 Å². The number of benzene rings is 1. The molecule has 1 aromatic rings. The Bertz CT molecular complexity index is 328. The van der Waals surface area contributed by atoms with Crippen LogP contribution >= 0.6 is 0 Å². The molecule has 16 heavy (non-hydrogen) atoms. The van der Waals surface area contributed by atoms with Gasteiger partial charge in [0.25, 0.3) is 0 Å². The van der Waals surface area contributed by atoms with Crippen molar-refractivity contribution in [1.29, 1.82) is 0 Å². The van der Waals surface area contributed by atoms with Crippen molar-refractivity contribution in [2.24, 2.45) is 5.92 Å². The molecule has 3 heteroatoms. The van der Waals surface area contributed by atoms with Crippen LogP contribution in [0.4, 0.5) is 5.69 Å². The largest absolute Gasteiger partial charge is 0.394 e. The average Bonchev–Trinajstić information content (AvgIpc) is 2.34. The van der Waals surface area contributed by atoms with Gasteiger partial charge in [0.05, 0.1) is 12.1 Å². The van der Waals surface area contributed by atoms with E-state index in [1.165, 1.54) is 0 Å². The fourth-order valence-electron chi connectivity index (χ4n) is 2.34. The lowest BCUT2D eigenvalue weighted by Gasteiger charge is -2.43. The van der Waals surface area contributed by atoms with Gasteiger partial charge >= 0.3 is 0 Å². The molecule has 0 amide bonds. The van der Waals surface area contributed by atoms with Gasteiger partial charge in [0.2, 0.25) is 0 Å². The second-order valence-corrected chi connectivity index (χ2v) is 4.66. The summed E-state index contributed by atoms with van der Waals surface area (Å²) in [5.74, 6) is 0.423.